The molecular formula is C14H19ClN2O2. The maximum absolute atomic E-state index is 11.6. The van der Waals surface area contributed by atoms with Crippen molar-refractivity contribution in [1.82, 2.24) is 5.32 Å². The topological polar surface area (TPSA) is 64.3 Å². The van der Waals surface area contributed by atoms with E-state index >= 15 is 0 Å². The van der Waals surface area contributed by atoms with Crippen LogP contribution in [0.25, 0.3) is 0 Å². The molecule has 0 aliphatic heterocycles. The van der Waals surface area contributed by atoms with Crippen LogP contribution in [0.5, 0.6) is 0 Å². The first-order valence-corrected chi connectivity index (χ1v) is 6.41. The van der Waals surface area contributed by atoms with Crippen LogP contribution in [0.4, 0.5) is 4.79 Å². The fourth-order valence-corrected chi connectivity index (χ4v) is 2.89. The van der Waals surface area contributed by atoms with E-state index in [4.69, 9.17) is 10.5 Å². The third-order valence-electron chi connectivity index (χ3n) is 4.03. The zero-order valence-corrected chi connectivity index (χ0v) is 11.5. The Kier molecular flexibility index (Phi) is 4.02. The van der Waals surface area contributed by atoms with Crippen LogP contribution in [0.2, 0.25) is 0 Å². The number of hydrogen-bond donors (Lipinski definition) is 2. The molecule has 0 heterocycles. The van der Waals surface area contributed by atoms with Gasteiger partial charge in [-0.2, -0.15) is 0 Å². The molecule has 1 aromatic rings. The van der Waals surface area contributed by atoms with Crippen LogP contribution < -0.4 is 11.1 Å². The fraction of sp³-hybridized carbons (Fsp3) is 0.500. The van der Waals surface area contributed by atoms with Gasteiger partial charge < -0.3 is 15.8 Å². The van der Waals surface area contributed by atoms with E-state index in [1.807, 2.05) is 30.3 Å². The van der Waals surface area contributed by atoms with Gasteiger partial charge in [-0.05, 0) is 30.2 Å². The molecule has 1 atom stereocenters. The highest BCUT2D eigenvalue weighted by Gasteiger charge is 2.61. The normalized spacial score (nSPS) is 31.0. The third-order valence-corrected chi connectivity index (χ3v) is 4.03. The molecule has 1 amide bonds. The number of rotatable bonds is 3. The predicted molar refractivity (Wildman–Crippen MR) is 75.1 cm³/mol. The van der Waals surface area contributed by atoms with Crippen LogP contribution in [-0.2, 0) is 11.3 Å². The Morgan fingerprint density at radius 2 is 2.00 bits per heavy atom. The largest absolute Gasteiger partial charge is 0.445 e. The molecule has 5 heteroatoms. The lowest BCUT2D eigenvalue weighted by Gasteiger charge is -2.33. The Labute approximate surface area is 119 Å². The Bertz CT molecular complexity index is 446. The maximum Gasteiger partial charge on any atom is 0.407 e. The second-order valence-corrected chi connectivity index (χ2v) is 5.49. The summed E-state index contributed by atoms with van der Waals surface area (Å²) in [4.78, 5) is 11.6. The number of nitrogens with two attached hydrogens (primary N) is 1. The average Bonchev–Trinajstić information content (AvgIpc) is 3.01. The maximum atomic E-state index is 11.6. The van der Waals surface area contributed by atoms with Gasteiger partial charge in [-0.1, -0.05) is 30.3 Å². The molecule has 2 saturated carbocycles. The Balaban J connectivity index is 0.00000133. The Morgan fingerprint density at radius 1 is 1.32 bits per heavy atom. The molecule has 0 unspecified atom stereocenters. The number of halogens is 1. The van der Waals surface area contributed by atoms with Crippen molar-refractivity contribution in [1.29, 1.82) is 0 Å². The first-order valence-electron chi connectivity index (χ1n) is 6.41. The van der Waals surface area contributed by atoms with Crippen LogP contribution in [0.15, 0.2) is 30.3 Å². The molecule has 19 heavy (non-hydrogen) atoms. The van der Waals surface area contributed by atoms with E-state index in [0.717, 1.165) is 24.8 Å². The number of nitrogens with one attached hydrogen (secondary N) is 1. The van der Waals surface area contributed by atoms with E-state index in [-0.39, 0.29) is 24.5 Å². The van der Waals surface area contributed by atoms with Crippen LogP contribution in [-0.4, -0.2) is 18.2 Å². The van der Waals surface area contributed by atoms with Gasteiger partial charge in [0.1, 0.15) is 6.61 Å². The number of amides is 1. The molecule has 0 bridgehead atoms. The quantitative estimate of drug-likeness (QED) is 0.893. The van der Waals surface area contributed by atoms with Gasteiger partial charge >= 0.3 is 6.09 Å². The summed E-state index contributed by atoms with van der Waals surface area (Å²) in [5.41, 5.74) is 7.09. The molecule has 3 N–H and O–H groups in total. The summed E-state index contributed by atoms with van der Waals surface area (Å²) in [6, 6.07) is 10.3. The molecule has 2 fully saturated rings. The van der Waals surface area contributed by atoms with Crippen LogP contribution in [0.3, 0.4) is 0 Å². The van der Waals surface area contributed by atoms with Gasteiger partial charge in [-0.3, -0.25) is 0 Å². The van der Waals surface area contributed by atoms with Crippen molar-refractivity contribution in [2.45, 2.75) is 38.0 Å². The molecule has 0 aromatic heterocycles. The van der Waals surface area contributed by atoms with Gasteiger partial charge in [-0.25, -0.2) is 4.79 Å². The number of hydrogen-bond acceptors (Lipinski definition) is 3. The fourth-order valence-electron chi connectivity index (χ4n) is 2.89. The zero-order chi connectivity index (χ0) is 12.6. The monoisotopic (exact) mass is 282 g/mol. The van der Waals surface area contributed by atoms with E-state index in [1.54, 1.807) is 0 Å². The summed E-state index contributed by atoms with van der Waals surface area (Å²) in [6.45, 7) is 0.325. The minimum atomic E-state index is -0.318. The molecule has 0 radical (unpaired) electrons. The van der Waals surface area contributed by atoms with Crippen molar-refractivity contribution < 1.29 is 9.53 Å². The molecule has 3 rings (SSSR count). The lowest BCUT2D eigenvalue weighted by atomic mass is 9.77. The molecule has 1 spiro atoms. The van der Waals surface area contributed by atoms with Crippen molar-refractivity contribution in [3.05, 3.63) is 35.9 Å². The van der Waals surface area contributed by atoms with Crippen molar-refractivity contribution in [3.63, 3.8) is 0 Å². The molecule has 2 aliphatic rings. The number of ether oxygens (including phenoxy) is 1. The predicted octanol–water partition coefficient (Wildman–Crippen LogP) is 2.21. The van der Waals surface area contributed by atoms with Crippen molar-refractivity contribution in [3.8, 4) is 0 Å². The molecule has 4 nitrogen and oxygen atoms in total. The first-order chi connectivity index (χ1) is 8.68. The van der Waals surface area contributed by atoms with Gasteiger partial charge in [0.2, 0.25) is 0 Å². The summed E-state index contributed by atoms with van der Waals surface area (Å²) in [5.74, 6) is 0. The highest BCUT2D eigenvalue weighted by molar-refractivity contribution is 5.85. The minimum absolute atomic E-state index is 0. The van der Waals surface area contributed by atoms with Crippen LogP contribution >= 0.6 is 12.4 Å². The zero-order valence-electron chi connectivity index (χ0n) is 10.7. The van der Waals surface area contributed by atoms with Crippen molar-refractivity contribution in [2.24, 2.45) is 11.1 Å². The summed E-state index contributed by atoms with van der Waals surface area (Å²) in [5, 5.41) is 2.92. The molecule has 2 aliphatic carbocycles. The number of benzene rings is 1. The van der Waals surface area contributed by atoms with Gasteiger partial charge in [0, 0.05) is 12.1 Å². The second-order valence-electron chi connectivity index (χ2n) is 5.49. The van der Waals surface area contributed by atoms with Gasteiger partial charge in [0.25, 0.3) is 0 Å². The first kappa shape index (κ1) is 14.2. The smallest absolute Gasteiger partial charge is 0.407 e. The van der Waals surface area contributed by atoms with Crippen molar-refractivity contribution >= 4 is 18.5 Å². The van der Waals surface area contributed by atoms with Crippen LogP contribution in [0.1, 0.15) is 24.8 Å². The third kappa shape index (κ3) is 3.01. The molecular weight excluding hydrogens is 264 g/mol. The molecule has 104 valence electrons. The second kappa shape index (κ2) is 5.39. The highest BCUT2D eigenvalue weighted by Crippen LogP contribution is 2.60. The summed E-state index contributed by atoms with van der Waals surface area (Å²) in [7, 11) is 0. The summed E-state index contributed by atoms with van der Waals surface area (Å²) in [6.07, 6.45) is 2.82. The van der Waals surface area contributed by atoms with Gasteiger partial charge in [-0.15, -0.1) is 12.4 Å². The highest BCUT2D eigenvalue weighted by atomic mass is 35.5. The summed E-state index contributed by atoms with van der Waals surface area (Å²) >= 11 is 0. The van der Waals surface area contributed by atoms with Gasteiger partial charge in [0.15, 0.2) is 0 Å². The Hall–Kier alpha value is -1.26. The summed E-state index contributed by atoms with van der Waals surface area (Å²) < 4.78 is 5.19. The standard InChI is InChI=1S/C14H18N2O2.ClH/c15-11-6-14(7-11)8-12(14)16-13(17)18-9-10-4-2-1-3-5-10;/h1-5,11-12H,6-9,15H2,(H,16,17);1H/t11?,12-,14?;/m0./s1. The van der Waals surface area contributed by atoms with E-state index in [0.29, 0.717) is 18.1 Å². The van der Waals surface area contributed by atoms with Gasteiger partial charge in [0.05, 0.1) is 0 Å². The Morgan fingerprint density at radius 3 is 2.63 bits per heavy atom. The molecule has 1 aromatic carbocycles. The lowest BCUT2D eigenvalue weighted by molar-refractivity contribution is 0.133. The van der Waals surface area contributed by atoms with Crippen LogP contribution in [0, 0.1) is 5.41 Å². The average molecular weight is 283 g/mol. The SMILES string of the molecule is Cl.NC1CC2(C1)C[C@@H]2NC(=O)OCc1ccccc1. The number of carbonyl (C=O) groups is 1. The van der Waals surface area contributed by atoms with E-state index in [1.165, 1.54) is 0 Å². The number of alkyl carbamates (subject to hydrolysis) is 1. The van der Waals surface area contributed by atoms with Crippen molar-refractivity contribution in [2.75, 3.05) is 0 Å². The lowest BCUT2D eigenvalue weighted by Crippen LogP contribution is -2.43. The van der Waals surface area contributed by atoms with E-state index in [2.05, 4.69) is 5.32 Å². The van der Waals surface area contributed by atoms with E-state index < -0.39 is 0 Å². The van der Waals surface area contributed by atoms with E-state index in [9.17, 15) is 4.79 Å². The molecule has 0 saturated heterocycles. The number of carbonyl (C=O) groups excluding carboxylic acids is 1. The minimum Gasteiger partial charge on any atom is -0.445 e.